The molecule has 2 atom stereocenters. The standard InChI is InChI=1S/C29H24N4O5S2/c1-37-20-11-9-19(10-12-20)16-38-29(36)26-23(40-22-8-5-13-31-21(22)15-30)17-39-28-25(27(35)33(26)28)32-24(34)14-18-6-3-2-4-7-18/h2-13,25,28H,14,16-17H2,1H3,(H,32,34)/t25-,28-/m1/s1. The van der Waals surface area contributed by atoms with Crippen molar-refractivity contribution in [2.24, 2.45) is 0 Å². The Morgan fingerprint density at radius 3 is 2.62 bits per heavy atom. The van der Waals surface area contributed by atoms with Crippen LogP contribution in [-0.2, 0) is 32.1 Å². The van der Waals surface area contributed by atoms with Gasteiger partial charge in [-0.15, -0.1) is 11.8 Å². The first-order valence-electron chi connectivity index (χ1n) is 12.3. The Hall–Kier alpha value is -4.27. The second-order valence-electron chi connectivity index (χ2n) is 8.88. The molecular formula is C29H24N4O5S2. The van der Waals surface area contributed by atoms with E-state index in [0.29, 0.717) is 21.3 Å². The molecule has 2 aliphatic rings. The highest BCUT2D eigenvalue weighted by Crippen LogP contribution is 2.45. The molecule has 0 bridgehead atoms. The summed E-state index contributed by atoms with van der Waals surface area (Å²) in [5.74, 6) is -0.253. The number of thioether (sulfide) groups is 2. The number of benzene rings is 2. The summed E-state index contributed by atoms with van der Waals surface area (Å²) in [7, 11) is 1.57. The number of amides is 2. The largest absolute Gasteiger partial charge is 0.497 e. The van der Waals surface area contributed by atoms with Crippen molar-refractivity contribution in [1.82, 2.24) is 15.2 Å². The molecule has 1 N–H and O–H groups in total. The van der Waals surface area contributed by atoms with E-state index in [-0.39, 0.29) is 36.2 Å². The molecule has 0 aliphatic carbocycles. The highest BCUT2D eigenvalue weighted by molar-refractivity contribution is 8.06. The second kappa shape index (κ2) is 12.3. The van der Waals surface area contributed by atoms with E-state index in [9.17, 15) is 19.6 Å². The zero-order valence-corrected chi connectivity index (χ0v) is 23.0. The van der Waals surface area contributed by atoms with Crippen molar-refractivity contribution in [3.63, 3.8) is 0 Å². The lowest BCUT2D eigenvalue weighted by molar-refractivity contribution is -0.153. The molecule has 3 aromatic rings. The summed E-state index contributed by atoms with van der Waals surface area (Å²) in [5, 5.41) is 11.9. The fourth-order valence-electron chi connectivity index (χ4n) is 4.29. The van der Waals surface area contributed by atoms with Gasteiger partial charge < -0.3 is 14.8 Å². The maximum absolute atomic E-state index is 13.5. The maximum atomic E-state index is 13.5. The van der Waals surface area contributed by atoms with Gasteiger partial charge in [0.2, 0.25) is 5.91 Å². The summed E-state index contributed by atoms with van der Waals surface area (Å²) in [6.07, 6.45) is 1.67. The first-order valence-corrected chi connectivity index (χ1v) is 14.2. The van der Waals surface area contributed by atoms with Crippen molar-refractivity contribution in [2.75, 3.05) is 12.9 Å². The second-order valence-corrected chi connectivity index (χ2v) is 11.1. The smallest absolute Gasteiger partial charge is 0.356 e. The van der Waals surface area contributed by atoms with Crippen LogP contribution in [0, 0.1) is 11.3 Å². The molecule has 3 heterocycles. The van der Waals surface area contributed by atoms with Crippen LogP contribution in [0.25, 0.3) is 0 Å². The SMILES string of the molecule is COc1ccc(COC(=O)C2=C(Sc3cccnc3C#N)CS[C@@H]3[C@H](NC(=O)Cc4ccccc4)C(=O)N23)cc1. The van der Waals surface area contributed by atoms with E-state index < -0.39 is 17.4 Å². The van der Waals surface area contributed by atoms with E-state index in [2.05, 4.69) is 16.4 Å². The molecule has 202 valence electrons. The normalized spacial score (nSPS) is 17.8. The van der Waals surface area contributed by atoms with E-state index in [1.165, 1.54) is 34.6 Å². The molecule has 1 saturated heterocycles. The van der Waals surface area contributed by atoms with Crippen molar-refractivity contribution in [3.8, 4) is 11.8 Å². The van der Waals surface area contributed by atoms with Crippen LogP contribution in [-0.4, -0.2) is 51.9 Å². The zero-order chi connectivity index (χ0) is 28.1. The van der Waals surface area contributed by atoms with Crippen molar-refractivity contribution in [3.05, 3.63) is 100 Å². The zero-order valence-electron chi connectivity index (χ0n) is 21.4. The monoisotopic (exact) mass is 572 g/mol. The molecule has 0 radical (unpaired) electrons. The van der Waals surface area contributed by atoms with Gasteiger partial charge in [-0.25, -0.2) is 9.78 Å². The number of nitrogens with one attached hydrogen (secondary N) is 1. The van der Waals surface area contributed by atoms with Gasteiger partial charge in [0.15, 0.2) is 5.69 Å². The minimum Gasteiger partial charge on any atom is -0.497 e. The van der Waals surface area contributed by atoms with E-state index in [1.54, 1.807) is 43.5 Å². The van der Waals surface area contributed by atoms with Crippen molar-refractivity contribution in [2.45, 2.75) is 29.3 Å². The molecule has 5 rings (SSSR count). The fraction of sp³-hybridized carbons (Fsp3) is 0.207. The number of hydrogen-bond acceptors (Lipinski definition) is 9. The predicted octanol–water partition coefficient (Wildman–Crippen LogP) is 3.65. The fourth-order valence-corrected chi connectivity index (χ4v) is 6.81. The molecule has 0 saturated carbocycles. The number of methoxy groups -OCH3 is 1. The Kier molecular flexibility index (Phi) is 8.38. The summed E-state index contributed by atoms with van der Waals surface area (Å²) in [5.41, 5.74) is 1.93. The molecule has 40 heavy (non-hydrogen) atoms. The lowest BCUT2D eigenvalue weighted by atomic mass is 10.0. The number of β-lactam (4-membered cyclic amide) rings is 1. The van der Waals surface area contributed by atoms with Gasteiger partial charge in [-0.1, -0.05) is 54.2 Å². The third kappa shape index (κ3) is 5.83. The molecule has 11 heteroatoms. The van der Waals surface area contributed by atoms with Crippen LogP contribution in [0.4, 0.5) is 0 Å². The summed E-state index contributed by atoms with van der Waals surface area (Å²) < 4.78 is 10.8. The Labute approximate surface area is 239 Å². The molecule has 0 unspecified atom stereocenters. The summed E-state index contributed by atoms with van der Waals surface area (Å²) in [6.45, 7) is -0.00229. The summed E-state index contributed by atoms with van der Waals surface area (Å²) >= 11 is 2.65. The summed E-state index contributed by atoms with van der Waals surface area (Å²) in [6, 6.07) is 21.1. The topological polar surface area (TPSA) is 122 Å². The number of nitriles is 1. The van der Waals surface area contributed by atoms with Gasteiger partial charge in [0, 0.05) is 21.8 Å². The quantitative estimate of drug-likeness (QED) is 0.302. The number of carbonyl (C=O) groups is 3. The van der Waals surface area contributed by atoms with Crippen molar-refractivity contribution >= 4 is 41.3 Å². The molecule has 2 aliphatic heterocycles. The minimum atomic E-state index is -0.759. The van der Waals surface area contributed by atoms with Gasteiger partial charge in [-0.2, -0.15) is 5.26 Å². The van der Waals surface area contributed by atoms with E-state index >= 15 is 0 Å². The molecule has 9 nitrogen and oxygen atoms in total. The molecule has 1 aromatic heterocycles. The number of nitrogens with zero attached hydrogens (tertiary/aromatic N) is 3. The number of hydrogen-bond donors (Lipinski definition) is 1. The van der Waals surface area contributed by atoms with Crippen LogP contribution in [0.15, 0.2) is 88.4 Å². The Morgan fingerprint density at radius 1 is 1.12 bits per heavy atom. The third-order valence-corrected chi connectivity index (χ3v) is 8.89. The number of ether oxygens (including phenoxy) is 2. The van der Waals surface area contributed by atoms with Crippen molar-refractivity contribution in [1.29, 1.82) is 5.26 Å². The highest BCUT2D eigenvalue weighted by Gasteiger charge is 2.54. The lowest BCUT2D eigenvalue weighted by Gasteiger charge is -2.49. The average Bonchev–Trinajstić information content (AvgIpc) is 2.99. The van der Waals surface area contributed by atoms with Gasteiger partial charge in [-0.3, -0.25) is 14.5 Å². The molecule has 0 spiro atoms. The maximum Gasteiger partial charge on any atom is 0.356 e. The molecule has 2 amide bonds. The van der Waals surface area contributed by atoms with E-state index in [0.717, 1.165) is 11.1 Å². The number of carbonyl (C=O) groups excluding carboxylic acids is 3. The van der Waals surface area contributed by atoms with Crippen molar-refractivity contribution < 1.29 is 23.9 Å². The van der Waals surface area contributed by atoms with Gasteiger partial charge >= 0.3 is 5.97 Å². The van der Waals surface area contributed by atoms with Crippen LogP contribution in [0.3, 0.4) is 0 Å². The Morgan fingerprint density at radius 2 is 1.90 bits per heavy atom. The first kappa shape index (κ1) is 27.3. The van der Waals surface area contributed by atoms with Crippen LogP contribution in [0.2, 0.25) is 0 Å². The number of pyridine rings is 1. The Bertz CT molecular complexity index is 1500. The number of aromatic nitrogens is 1. The highest BCUT2D eigenvalue weighted by atomic mass is 32.2. The lowest BCUT2D eigenvalue weighted by Crippen LogP contribution is -2.70. The first-order chi connectivity index (χ1) is 19.5. The van der Waals surface area contributed by atoms with E-state index in [1.807, 2.05) is 30.3 Å². The van der Waals surface area contributed by atoms with Crippen LogP contribution in [0.5, 0.6) is 5.75 Å². The van der Waals surface area contributed by atoms with Gasteiger partial charge in [0.05, 0.1) is 13.5 Å². The number of fused-ring (bicyclic) bond motifs is 1. The molecular weight excluding hydrogens is 548 g/mol. The molecule has 1 fully saturated rings. The van der Waals surface area contributed by atoms with E-state index in [4.69, 9.17) is 9.47 Å². The van der Waals surface area contributed by atoms with Gasteiger partial charge in [0.1, 0.15) is 35.5 Å². The number of rotatable bonds is 9. The van der Waals surface area contributed by atoms with Gasteiger partial charge in [0.25, 0.3) is 5.91 Å². The Balaban J connectivity index is 1.36. The van der Waals surface area contributed by atoms with Crippen LogP contribution < -0.4 is 10.1 Å². The summed E-state index contributed by atoms with van der Waals surface area (Å²) in [4.78, 5) is 46.1. The third-order valence-electron chi connectivity index (χ3n) is 6.29. The minimum absolute atomic E-state index is 0.00229. The van der Waals surface area contributed by atoms with Gasteiger partial charge in [-0.05, 0) is 35.4 Å². The van der Waals surface area contributed by atoms with Crippen LogP contribution in [0.1, 0.15) is 16.8 Å². The number of esters is 1. The average molecular weight is 573 g/mol. The van der Waals surface area contributed by atoms with Crippen LogP contribution >= 0.6 is 23.5 Å². The predicted molar refractivity (Wildman–Crippen MR) is 150 cm³/mol. The molecule has 2 aromatic carbocycles.